The highest BCUT2D eigenvalue weighted by molar-refractivity contribution is 5.77. The Kier molecular flexibility index (Phi) is 2.87. The van der Waals surface area contributed by atoms with Gasteiger partial charge in [0.25, 0.3) is 5.69 Å². The Morgan fingerprint density at radius 2 is 1.85 bits per heavy atom. The van der Waals surface area contributed by atoms with E-state index in [-0.39, 0.29) is 5.69 Å². The first kappa shape index (κ1) is 12.2. The molecule has 5 heteroatoms. The van der Waals surface area contributed by atoms with Crippen LogP contribution in [-0.4, -0.2) is 14.9 Å². The summed E-state index contributed by atoms with van der Waals surface area (Å²) in [6.07, 6.45) is 1.64. The maximum atomic E-state index is 10.9. The molecule has 0 saturated carbocycles. The maximum absolute atomic E-state index is 10.9. The highest BCUT2D eigenvalue weighted by Gasteiger charge is 2.10. The molecule has 0 unspecified atom stereocenters. The zero-order chi connectivity index (χ0) is 14.1. The van der Waals surface area contributed by atoms with Gasteiger partial charge in [-0.2, -0.15) is 0 Å². The van der Waals surface area contributed by atoms with Gasteiger partial charge in [-0.25, -0.2) is 4.98 Å². The Balaban J connectivity index is 2.17. The van der Waals surface area contributed by atoms with Crippen molar-refractivity contribution in [3.8, 4) is 11.3 Å². The van der Waals surface area contributed by atoms with E-state index in [9.17, 15) is 10.1 Å². The predicted molar refractivity (Wildman–Crippen MR) is 76.4 cm³/mol. The van der Waals surface area contributed by atoms with Crippen molar-refractivity contribution in [2.45, 2.75) is 6.92 Å². The van der Waals surface area contributed by atoms with Gasteiger partial charge in [0.15, 0.2) is 0 Å². The van der Waals surface area contributed by atoms with E-state index < -0.39 is 4.92 Å². The third-order valence-electron chi connectivity index (χ3n) is 3.02. The number of non-ortho nitro benzene ring substituents is 1. The molecule has 0 aliphatic heterocycles. The fraction of sp³-hybridized carbons (Fsp3) is 0.0667. The lowest BCUT2D eigenvalue weighted by atomic mass is 10.1. The van der Waals surface area contributed by atoms with Gasteiger partial charge in [-0.15, -0.1) is 0 Å². The van der Waals surface area contributed by atoms with Crippen LogP contribution in [0.3, 0.4) is 0 Å². The van der Waals surface area contributed by atoms with E-state index in [4.69, 9.17) is 0 Å². The van der Waals surface area contributed by atoms with Crippen molar-refractivity contribution in [3.05, 3.63) is 64.3 Å². The van der Waals surface area contributed by atoms with Crippen LogP contribution in [0.4, 0.5) is 5.69 Å². The number of hydrogen-bond donors (Lipinski definition) is 0. The predicted octanol–water partition coefficient (Wildman–Crippen LogP) is 3.51. The van der Waals surface area contributed by atoms with Crippen molar-refractivity contribution in [1.82, 2.24) is 9.97 Å². The van der Waals surface area contributed by atoms with E-state index in [1.807, 2.05) is 37.3 Å². The summed E-state index contributed by atoms with van der Waals surface area (Å²) in [7, 11) is 0. The third-order valence-corrected chi connectivity index (χ3v) is 3.02. The van der Waals surface area contributed by atoms with Gasteiger partial charge in [0, 0.05) is 17.7 Å². The van der Waals surface area contributed by atoms with Gasteiger partial charge in [0.2, 0.25) is 0 Å². The molecule has 1 heterocycles. The summed E-state index contributed by atoms with van der Waals surface area (Å²) in [4.78, 5) is 19.4. The van der Waals surface area contributed by atoms with Crippen molar-refractivity contribution in [1.29, 1.82) is 0 Å². The van der Waals surface area contributed by atoms with Crippen LogP contribution >= 0.6 is 0 Å². The largest absolute Gasteiger partial charge is 0.270 e. The molecule has 0 amide bonds. The molecule has 0 radical (unpaired) electrons. The standard InChI is InChI=1S/C15H11N3O2/c1-10-6-11(8-12(7-10)18(19)20)15-9-16-13-4-2-3-5-14(13)17-15/h2-9H,1H3. The first-order valence-corrected chi connectivity index (χ1v) is 6.12. The van der Waals surface area contributed by atoms with Crippen molar-refractivity contribution in [3.63, 3.8) is 0 Å². The van der Waals surface area contributed by atoms with E-state index in [2.05, 4.69) is 9.97 Å². The molecule has 98 valence electrons. The van der Waals surface area contributed by atoms with Crippen LogP contribution in [0.1, 0.15) is 5.56 Å². The summed E-state index contributed by atoms with van der Waals surface area (Å²) in [5, 5.41) is 10.9. The Morgan fingerprint density at radius 1 is 1.10 bits per heavy atom. The molecule has 0 bridgehead atoms. The van der Waals surface area contributed by atoms with Gasteiger partial charge in [-0.05, 0) is 30.7 Å². The van der Waals surface area contributed by atoms with Crippen LogP contribution in [0.2, 0.25) is 0 Å². The van der Waals surface area contributed by atoms with Gasteiger partial charge in [-0.3, -0.25) is 15.1 Å². The van der Waals surface area contributed by atoms with Crippen molar-refractivity contribution < 1.29 is 4.92 Å². The normalized spacial score (nSPS) is 10.7. The smallest absolute Gasteiger partial charge is 0.258 e. The molecule has 0 aliphatic rings. The van der Waals surface area contributed by atoms with Crippen LogP contribution in [0.15, 0.2) is 48.7 Å². The van der Waals surface area contributed by atoms with Crippen molar-refractivity contribution in [2.75, 3.05) is 0 Å². The summed E-state index contributed by atoms with van der Waals surface area (Å²) < 4.78 is 0. The topological polar surface area (TPSA) is 68.9 Å². The van der Waals surface area contributed by atoms with Gasteiger partial charge < -0.3 is 0 Å². The van der Waals surface area contributed by atoms with E-state index in [0.29, 0.717) is 11.3 Å². The molecular weight excluding hydrogens is 254 g/mol. The summed E-state index contributed by atoms with van der Waals surface area (Å²) in [5.74, 6) is 0. The zero-order valence-electron chi connectivity index (χ0n) is 10.8. The second-order valence-electron chi connectivity index (χ2n) is 4.56. The quantitative estimate of drug-likeness (QED) is 0.525. The molecule has 0 aliphatic carbocycles. The summed E-state index contributed by atoms with van der Waals surface area (Å²) in [6, 6.07) is 12.5. The second kappa shape index (κ2) is 4.70. The molecule has 1 aromatic heterocycles. The number of aromatic nitrogens is 2. The van der Waals surface area contributed by atoms with Crippen LogP contribution < -0.4 is 0 Å². The molecular formula is C15H11N3O2. The number of nitrogens with zero attached hydrogens (tertiary/aromatic N) is 3. The third kappa shape index (κ3) is 2.21. The molecule has 3 aromatic rings. The van der Waals surface area contributed by atoms with Crippen LogP contribution in [0.5, 0.6) is 0 Å². The fourth-order valence-corrected chi connectivity index (χ4v) is 2.11. The molecule has 0 spiro atoms. The molecule has 2 aromatic carbocycles. The van der Waals surface area contributed by atoms with E-state index >= 15 is 0 Å². The summed E-state index contributed by atoms with van der Waals surface area (Å²) >= 11 is 0. The van der Waals surface area contributed by atoms with E-state index in [0.717, 1.165) is 16.6 Å². The van der Waals surface area contributed by atoms with Crippen molar-refractivity contribution >= 4 is 16.7 Å². The monoisotopic (exact) mass is 265 g/mol. The zero-order valence-corrected chi connectivity index (χ0v) is 10.8. The van der Waals surface area contributed by atoms with Crippen LogP contribution in [0.25, 0.3) is 22.3 Å². The minimum Gasteiger partial charge on any atom is -0.258 e. The Morgan fingerprint density at radius 3 is 2.60 bits per heavy atom. The Bertz CT molecular complexity index is 815. The molecule has 0 N–H and O–H groups in total. The summed E-state index contributed by atoms with van der Waals surface area (Å²) in [5.41, 5.74) is 3.80. The van der Waals surface area contributed by atoms with E-state index in [1.165, 1.54) is 12.1 Å². The average Bonchev–Trinajstić information content (AvgIpc) is 2.46. The maximum Gasteiger partial charge on any atom is 0.270 e. The molecule has 3 rings (SSSR count). The number of nitro benzene ring substituents is 1. The number of fused-ring (bicyclic) bond motifs is 1. The lowest BCUT2D eigenvalue weighted by Gasteiger charge is -2.04. The van der Waals surface area contributed by atoms with Crippen LogP contribution in [0, 0.1) is 17.0 Å². The highest BCUT2D eigenvalue weighted by Crippen LogP contribution is 2.25. The number of hydrogen-bond acceptors (Lipinski definition) is 4. The number of para-hydroxylation sites is 2. The van der Waals surface area contributed by atoms with Gasteiger partial charge in [0.05, 0.1) is 27.8 Å². The van der Waals surface area contributed by atoms with Gasteiger partial charge in [-0.1, -0.05) is 12.1 Å². The fourth-order valence-electron chi connectivity index (χ4n) is 2.11. The number of benzene rings is 2. The summed E-state index contributed by atoms with van der Waals surface area (Å²) in [6.45, 7) is 1.82. The van der Waals surface area contributed by atoms with E-state index in [1.54, 1.807) is 6.20 Å². The molecule has 0 atom stereocenters. The number of aryl methyl sites for hydroxylation is 1. The second-order valence-corrected chi connectivity index (χ2v) is 4.56. The van der Waals surface area contributed by atoms with Crippen LogP contribution in [-0.2, 0) is 0 Å². The highest BCUT2D eigenvalue weighted by atomic mass is 16.6. The Hall–Kier alpha value is -2.82. The average molecular weight is 265 g/mol. The lowest BCUT2D eigenvalue weighted by molar-refractivity contribution is -0.384. The number of rotatable bonds is 2. The van der Waals surface area contributed by atoms with Crippen molar-refractivity contribution in [2.24, 2.45) is 0 Å². The minimum atomic E-state index is -0.398. The first-order chi connectivity index (χ1) is 9.63. The lowest BCUT2D eigenvalue weighted by Crippen LogP contribution is -1.92. The molecule has 0 saturated heterocycles. The molecule has 20 heavy (non-hydrogen) atoms. The van der Waals surface area contributed by atoms with Gasteiger partial charge >= 0.3 is 0 Å². The SMILES string of the molecule is Cc1cc(-c2cnc3ccccc3n2)cc([N+](=O)[O-])c1. The Labute approximate surface area is 115 Å². The molecule has 0 fully saturated rings. The first-order valence-electron chi connectivity index (χ1n) is 6.12. The van der Waals surface area contributed by atoms with Gasteiger partial charge in [0.1, 0.15) is 0 Å². The number of nitro groups is 1. The minimum absolute atomic E-state index is 0.0648. The molecule has 5 nitrogen and oxygen atoms in total.